The number of carbonyl (C=O) groups is 1. The molecule has 1 fully saturated rings. The molecule has 0 saturated carbocycles. The van der Waals surface area contributed by atoms with Crippen LogP contribution in [0.5, 0.6) is 0 Å². The first kappa shape index (κ1) is 15.3. The molecule has 0 aromatic heterocycles. The van der Waals surface area contributed by atoms with E-state index in [2.05, 4.69) is 17.6 Å². The van der Waals surface area contributed by atoms with E-state index in [1.165, 1.54) is 12.1 Å². The number of piperidine rings is 1. The predicted octanol–water partition coefficient (Wildman–Crippen LogP) is 3.44. The highest BCUT2D eigenvalue weighted by atomic mass is 35.5. The maximum absolute atomic E-state index is 13.7. The summed E-state index contributed by atoms with van der Waals surface area (Å²) in [5.74, 6) is 0.0579. The first-order valence-electron chi connectivity index (χ1n) is 7.02. The number of halogens is 2. The molecule has 2 unspecified atom stereocenters. The molecule has 1 amide bonds. The zero-order valence-corrected chi connectivity index (χ0v) is 12.3. The van der Waals surface area contributed by atoms with Crippen molar-refractivity contribution in [3.8, 4) is 0 Å². The van der Waals surface area contributed by atoms with Crippen molar-refractivity contribution in [3.05, 3.63) is 29.0 Å². The Morgan fingerprint density at radius 3 is 3.10 bits per heavy atom. The van der Waals surface area contributed by atoms with Gasteiger partial charge in [-0.1, -0.05) is 24.6 Å². The first-order valence-corrected chi connectivity index (χ1v) is 7.40. The van der Waals surface area contributed by atoms with Crippen LogP contribution in [0.25, 0.3) is 0 Å². The van der Waals surface area contributed by atoms with Crippen molar-refractivity contribution in [1.82, 2.24) is 5.32 Å². The van der Waals surface area contributed by atoms with Crippen LogP contribution in [0, 0.1) is 17.7 Å². The molecule has 0 spiro atoms. The van der Waals surface area contributed by atoms with Crippen molar-refractivity contribution in [3.63, 3.8) is 0 Å². The van der Waals surface area contributed by atoms with Gasteiger partial charge in [0.15, 0.2) is 5.82 Å². The fraction of sp³-hybridized carbons (Fsp3) is 0.533. The maximum Gasteiger partial charge on any atom is 0.224 e. The lowest BCUT2D eigenvalue weighted by Crippen LogP contribution is -2.34. The topological polar surface area (TPSA) is 41.1 Å². The van der Waals surface area contributed by atoms with E-state index in [0.717, 1.165) is 25.9 Å². The van der Waals surface area contributed by atoms with Crippen molar-refractivity contribution >= 4 is 23.2 Å². The SMILES string of the molecule is CC(CC(=O)Nc1cccc(Cl)c1F)C1CCCNC1. The van der Waals surface area contributed by atoms with Crippen LogP contribution in [-0.2, 0) is 4.79 Å². The van der Waals surface area contributed by atoms with Gasteiger partial charge in [-0.2, -0.15) is 0 Å². The predicted molar refractivity (Wildman–Crippen MR) is 79.4 cm³/mol. The average molecular weight is 299 g/mol. The van der Waals surface area contributed by atoms with Crippen LogP contribution < -0.4 is 10.6 Å². The Morgan fingerprint density at radius 1 is 1.60 bits per heavy atom. The number of rotatable bonds is 4. The quantitative estimate of drug-likeness (QED) is 0.894. The van der Waals surface area contributed by atoms with Gasteiger partial charge >= 0.3 is 0 Å². The summed E-state index contributed by atoms with van der Waals surface area (Å²) < 4.78 is 13.7. The molecule has 5 heteroatoms. The van der Waals surface area contributed by atoms with Gasteiger partial charge in [0.05, 0.1) is 10.7 Å². The molecule has 2 rings (SSSR count). The fourth-order valence-electron chi connectivity index (χ4n) is 2.63. The van der Waals surface area contributed by atoms with Crippen LogP contribution >= 0.6 is 11.6 Å². The van der Waals surface area contributed by atoms with Crippen molar-refractivity contribution in [1.29, 1.82) is 0 Å². The number of hydrogen-bond acceptors (Lipinski definition) is 2. The van der Waals surface area contributed by atoms with E-state index >= 15 is 0 Å². The Bertz CT molecular complexity index is 475. The van der Waals surface area contributed by atoms with Gasteiger partial charge in [-0.3, -0.25) is 4.79 Å². The molecule has 1 aromatic rings. The number of anilines is 1. The largest absolute Gasteiger partial charge is 0.324 e. The smallest absolute Gasteiger partial charge is 0.224 e. The second-order valence-electron chi connectivity index (χ2n) is 5.44. The standard InChI is InChI=1S/C15H20ClFN2O/c1-10(11-4-3-7-18-9-11)8-14(20)19-13-6-2-5-12(16)15(13)17/h2,5-6,10-11,18H,3-4,7-9H2,1H3,(H,19,20). The lowest BCUT2D eigenvalue weighted by molar-refractivity contribution is -0.117. The molecule has 1 aliphatic heterocycles. The number of benzene rings is 1. The third-order valence-electron chi connectivity index (χ3n) is 3.87. The molecule has 110 valence electrons. The fourth-order valence-corrected chi connectivity index (χ4v) is 2.80. The Labute approximate surface area is 123 Å². The molecule has 2 atom stereocenters. The summed E-state index contributed by atoms with van der Waals surface area (Å²) >= 11 is 5.69. The minimum Gasteiger partial charge on any atom is -0.324 e. The van der Waals surface area contributed by atoms with Crippen molar-refractivity contribution < 1.29 is 9.18 Å². The molecule has 20 heavy (non-hydrogen) atoms. The van der Waals surface area contributed by atoms with Crippen LogP contribution in [0.4, 0.5) is 10.1 Å². The molecular weight excluding hydrogens is 279 g/mol. The summed E-state index contributed by atoms with van der Waals surface area (Å²) in [5.41, 5.74) is 0.150. The molecule has 2 N–H and O–H groups in total. The highest BCUT2D eigenvalue weighted by Gasteiger charge is 2.22. The zero-order valence-electron chi connectivity index (χ0n) is 11.6. The Balaban J connectivity index is 1.90. The van der Waals surface area contributed by atoms with Crippen LogP contribution in [0.15, 0.2) is 18.2 Å². The van der Waals surface area contributed by atoms with E-state index in [1.807, 2.05) is 0 Å². The van der Waals surface area contributed by atoms with Crippen LogP contribution in [-0.4, -0.2) is 19.0 Å². The number of carbonyl (C=O) groups excluding carboxylic acids is 1. The van der Waals surface area contributed by atoms with Gasteiger partial charge in [-0.25, -0.2) is 4.39 Å². The number of amides is 1. The minimum atomic E-state index is -0.575. The second-order valence-corrected chi connectivity index (χ2v) is 5.84. The summed E-state index contributed by atoms with van der Waals surface area (Å²) in [7, 11) is 0. The van der Waals surface area contributed by atoms with Gasteiger partial charge in [0, 0.05) is 6.42 Å². The summed E-state index contributed by atoms with van der Waals surface area (Å²) in [5, 5.41) is 5.97. The molecule has 1 heterocycles. The summed E-state index contributed by atoms with van der Waals surface area (Å²) in [6.07, 6.45) is 2.70. The van der Waals surface area contributed by atoms with E-state index in [-0.39, 0.29) is 22.5 Å². The Hall–Kier alpha value is -1.13. The van der Waals surface area contributed by atoms with Crippen molar-refractivity contribution in [2.24, 2.45) is 11.8 Å². The van der Waals surface area contributed by atoms with Crippen molar-refractivity contribution in [2.75, 3.05) is 18.4 Å². The van der Waals surface area contributed by atoms with E-state index in [4.69, 9.17) is 11.6 Å². The van der Waals surface area contributed by atoms with Gasteiger partial charge < -0.3 is 10.6 Å². The zero-order chi connectivity index (χ0) is 14.5. The van der Waals surface area contributed by atoms with Gasteiger partial charge in [0.25, 0.3) is 0 Å². The van der Waals surface area contributed by atoms with Crippen LogP contribution in [0.2, 0.25) is 5.02 Å². The van der Waals surface area contributed by atoms with E-state index < -0.39 is 5.82 Å². The first-order chi connectivity index (χ1) is 9.58. The third kappa shape index (κ3) is 3.93. The molecule has 0 aliphatic carbocycles. The van der Waals surface area contributed by atoms with Gasteiger partial charge in [-0.15, -0.1) is 0 Å². The molecule has 3 nitrogen and oxygen atoms in total. The summed E-state index contributed by atoms with van der Waals surface area (Å²) in [6, 6.07) is 4.60. The normalized spacial score (nSPS) is 20.4. The summed E-state index contributed by atoms with van der Waals surface area (Å²) in [6.45, 7) is 4.09. The molecule has 0 radical (unpaired) electrons. The highest BCUT2D eigenvalue weighted by molar-refractivity contribution is 6.31. The number of hydrogen-bond donors (Lipinski definition) is 2. The lowest BCUT2D eigenvalue weighted by Gasteiger charge is -2.28. The van der Waals surface area contributed by atoms with Gasteiger partial charge in [-0.05, 0) is 49.9 Å². The monoisotopic (exact) mass is 298 g/mol. The lowest BCUT2D eigenvalue weighted by atomic mass is 9.85. The van der Waals surface area contributed by atoms with Crippen LogP contribution in [0.3, 0.4) is 0 Å². The molecule has 1 aromatic carbocycles. The Morgan fingerprint density at radius 2 is 2.40 bits per heavy atom. The molecular formula is C15H20ClFN2O. The van der Waals surface area contributed by atoms with E-state index in [1.54, 1.807) is 6.07 Å². The van der Waals surface area contributed by atoms with Gasteiger partial charge in [0.1, 0.15) is 0 Å². The van der Waals surface area contributed by atoms with E-state index in [0.29, 0.717) is 12.3 Å². The maximum atomic E-state index is 13.7. The molecule has 1 saturated heterocycles. The third-order valence-corrected chi connectivity index (χ3v) is 4.16. The highest BCUT2D eigenvalue weighted by Crippen LogP contribution is 2.25. The molecule has 1 aliphatic rings. The Kier molecular flexibility index (Phi) is 5.38. The van der Waals surface area contributed by atoms with E-state index in [9.17, 15) is 9.18 Å². The molecule has 0 bridgehead atoms. The van der Waals surface area contributed by atoms with Crippen molar-refractivity contribution in [2.45, 2.75) is 26.2 Å². The summed E-state index contributed by atoms with van der Waals surface area (Å²) in [4.78, 5) is 12.0. The van der Waals surface area contributed by atoms with Gasteiger partial charge in [0.2, 0.25) is 5.91 Å². The minimum absolute atomic E-state index is 0.0207. The van der Waals surface area contributed by atoms with Crippen LogP contribution in [0.1, 0.15) is 26.2 Å². The number of nitrogens with one attached hydrogen (secondary N) is 2. The second kappa shape index (κ2) is 7.04. The average Bonchev–Trinajstić information content (AvgIpc) is 2.45.